The van der Waals surface area contributed by atoms with Gasteiger partial charge in [-0.25, -0.2) is 0 Å². The molecule has 0 aromatic heterocycles. The standard InChI is InChI=1S/C23H23NO2/c25-22-13-8-7-12-21(22)24-23(26)14-4-2-1-3-9-18-15-16-19-10-5-6-11-20(19)17-18/h3,5-13,15-17,25H,1-2,4,14H2,(H,24,26)/b9-3+. The molecule has 0 saturated heterocycles. The molecule has 3 aromatic rings. The van der Waals surface area contributed by atoms with Gasteiger partial charge in [0.2, 0.25) is 5.91 Å². The second-order valence-corrected chi connectivity index (χ2v) is 6.32. The lowest BCUT2D eigenvalue weighted by Gasteiger charge is -2.06. The molecule has 0 aliphatic carbocycles. The van der Waals surface area contributed by atoms with Crippen LogP contribution in [0, 0.1) is 0 Å². The molecule has 0 radical (unpaired) electrons. The van der Waals surface area contributed by atoms with E-state index in [1.165, 1.54) is 16.3 Å². The maximum atomic E-state index is 11.9. The predicted molar refractivity (Wildman–Crippen MR) is 108 cm³/mol. The number of fused-ring (bicyclic) bond motifs is 1. The van der Waals surface area contributed by atoms with Crippen molar-refractivity contribution in [3.8, 4) is 5.75 Å². The molecule has 26 heavy (non-hydrogen) atoms. The van der Waals surface area contributed by atoms with Crippen LogP contribution < -0.4 is 5.32 Å². The molecule has 0 bridgehead atoms. The number of carbonyl (C=O) groups excluding carboxylic acids is 1. The van der Waals surface area contributed by atoms with Crippen molar-refractivity contribution in [2.45, 2.75) is 25.7 Å². The maximum absolute atomic E-state index is 11.9. The zero-order valence-electron chi connectivity index (χ0n) is 14.7. The molecule has 0 atom stereocenters. The maximum Gasteiger partial charge on any atom is 0.224 e. The summed E-state index contributed by atoms with van der Waals surface area (Å²) in [5.74, 6) is 0.0316. The van der Waals surface area contributed by atoms with Crippen LogP contribution in [0.4, 0.5) is 5.69 Å². The van der Waals surface area contributed by atoms with Crippen LogP contribution >= 0.6 is 0 Å². The Morgan fingerprint density at radius 2 is 1.69 bits per heavy atom. The van der Waals surface area contributed by atoms with Gasteiger partial charge in [-0.05, 0) is 53.8 Å². The minimum Gasteiger partial charge on any atom is -0.506 e. The predicted octanol–water partition coefficient (Wildman–Crippen LogP) is 5.76. The number of para-hydroxylation sites is 2. The second kappa shape index (κ2) is 8.86. The molecular formula is C23H23NO2. The third-order valence-corrected chi connectivity index (χ3v) is 4.29. The first-order chi connectivity index (χ1) is 12.7. The molecule has 3 heteroatoms. The van der Waals surface area contributed by atoms with Gasteiger partial charge in [0, 0.05) is 6.42 Å². The molecule has 132 valence electrons. The third-order valence-electron chi connectivity index (χ3n) is 4.29. The number of nitrogens with one attached hydrogen (secondary N) is 1. The Balaban J connectivity index is 1.40. The molecule has 2 N–H and O–H groups in total. The molecule has 0 aliphatic rings. The van der Waals surface area contributed by atoms with E-state index in [0.29, 0.717) is 12.1 Å². The first kappa shape index (κ1) is 17.7. The van der Waals surface area contributed by atoms with E-state index in [2.05, 4.69) is 53.9 Å². The number of anilines is 1. The van der Waals surface area contributed by atoms with Crippen molar-refractivity contribution in [2.24, 2.45) is 0 Å². The SMILES string of the molecule is O=C(CCCC/C=C/c1ccc2ccccc2c1)Nc1ccccc1O. The molecule has 0 heterocycles. The van der Waals surface area contributed by atoms with Gasteiger partial charge in [-0.2, -0.15) is 0 Å². The van der Waals surface area contributed by atoms with Crippen molar-refractivity contribution in [2.75, 3.05) is 5.32 Å². The summed E-state index contributed by atoms with van der Waals surface area (Å²) >= 11 is 0. The van der Waals surface area contributed by atoms with Crippen molar-refractivity contribution in [1.29, 1.82) is 0 Å². The zero-order chi connectivity index (χ0) is 18.2. The molecule has 0 saturated carbocycles. The van der Waals surface area contributed by atoms with Gasteiger partial charge in [0.15, 0.2) is 0 Å². The van der Waals surface area contributed by atoms with Gasteiger partial charge in [0.1, 0.15) is 5.75 Å². The van der Waals surface area contributed by atoms with E-state index in [4.69, 9.17) is 0 Å². The highest BCUT2D eigenvalue weighted by Gasteiger charge is 2.04. The van der Waals surface area contributed by atoms with Crippen LogP contribution in [0.5, 0.6) is 5.75 Å². The summed E-state index contributed by atoms with van der Waals surface area (Å²) in [6, 6.07) is 21.6. The summed E-state index contributed by atoms with van der Waals surface area (Å²) in [6.07, 6.45) is 7.47. The van der Waals surface area contributed by atoms with Crippen LogP contribution in [0.3, 0.4) is 0 Å². The van der Waals surface area contributed by atoms with Crippen molar-refractivity contribution < 1.29 is 9.90 Å². The third kappa shape index (κ3) is 4.96. The van der Waals surface area contributed by atoms with Crippen LogP contribution in [0.1, 0.15) is 31.2 Å². The van der Waals surface area contributed by atoms with E-state index in [1.807, 2.05) is 6.07 Å². The number of hydrogen-bond acceptors (Lipinski definition) is 2. The van der Waals surface area contributed by atoms with E-state index in [9.17, 15) is 9.90 Å². The van der Waals surface area contributed by atoms with Crippen LogP contribution in [0.2, 0.25) is 0 Å². The Bertz CT molecular complexity index is 915. The fourth-order valence-electron chi connectivity index (χ4n) is 2.87. The Morgan fingerprint density at radius 3 is 2.54 bits per heavy atom. The highest BCUT2D eigenvalue weighted by atomic mass is 16.3. The normalized spacial score (nSPS) is 11.1. The van der Waals surface area contributed by atoms with E-state index in [0.717, 1.165) is 19.3 Å². The van der Waals surface area contributed by atoms with Crippen LogP contribution in [0.25, 0.3) is 16.8 Å². The van der Waals surface area contributed by atoms with Gasteiger partial charge in [0.05, 0.1) is 5.69 Å². The number of phenolic OH excluding ortho intramolecular Hbond substituents is 1. The molecule has 1 amide bonds. The molecule has 0 aliphatic heterocycles. The lowest BCUT2D eigenvalue weighted by molar-refractivity contribution is -0.116. The fraction of sp³-hybridized carbons (Fsp3) is 0.174. The molecule has 0 spiro atoms. The lowest BCUT2D eigenvalue weighted by Crippen LogP contribution is -2.10. The van der Waals surface area contributed by atoms with E-state index in [1.54, 1.807) is 24.3 Å². The Kier molecular flexibility index (Phi) is 6.05. The number of benzene rings is 3. The van der Waals surface area contributed by atoms with Crippen LogP contribution in [-0.4, -0.2) is 11.0 Å². The molecule has 3 nitrogen and oxygen atoms in total. The Morgan fingerprint density at radius 1 is 0.923 bits per heavy atom. The molecule has 3 aromatic carbocycles. The topological polar surface area (TPSA) is 49.3 Å². The number of amides is 1. The van der Waals surface area contributed by atoms with Gasteiger partial charge in [0.25, 0.3) is 0 Å². The largest absolute Gasteiger partial charge is 0.506 e. The smallest absolute Gasteiger partial charge is 0.224 e. The van der Waals surface area contributed by atoms with E-state index in [-0.39, 0.29) is 11.7 Å². The summed E-state index contributed by atoms with van der Waals surface area (Å²) in [6.45, 7) is 0. The van der Waals surface area contributed by atoms with Crippen molar-refractivity contribution >= 4 is 28.4 Å². The van der Waals surface area contributed by atoms with Crippen molar-refractivity contribution in [3.05, 3.63) is 78.4 Å². The summed E-state index contributed by atoms with van der Waals surface area (Å²) in [5, 5.41) is 14.9. The average molecular weight is 345 g/mol. The molecule has 3 rings (SSSR count). The molecule has 0 fully saturated rings. The monoisotopic (exact) mass is 345 g/mol. The zero-order valence-corrected chi connectivity index (χ0v) is 14.7. The van der Waals surface area contributed by atoms with Gasteiger partial charge in [-0.15, -0.1) is 0 Å². The number of aromatic hydroxyl groups is 1. The minimum atomic E-state index is -0.0648. The van der Waals surface area contributed by atoms with Gasteiger partial charge >= 0.3 is 0 Å². The number of phenols is 1. The highest BCUT2D eigenvalue weighted by molar-refractivity contribution is 5.92. The van der Waals surface area contributed by atoms with Crippen molar-refractivity contribution in [1.82, 2.24) is 0 Å². The summed E-state index contributed by atoms with van der Waals surface area (Å²) in [5.41, 5.74) is 1.66. The number of carbonyl (C=O) groups is 1. The summed E-state index contributed by atoms with van der Waals surface area (Å²) < 4.78 is 0. The quantitative estimate of drug-likeness (QED) is 0.422. The number of allylic oxidation sites excluding steroid dienone is 1. The minimum absolute atomic E-state index is 0.0648. The van der Waals surface area contributed by atoms with Gasteiger partial charge < -0.3 is 10.4 Å². The van der Waals surface area contributed by atoms with E-state index < -0.39 is 0 Å². The fourth-order valence-corrected chi connectivity index (χ4v) is 2.87. The second-order valence-electron chi connectivity index (χ2n) is 6.32. The number of hydrogen-bond donors (Lipinski definition) is 2. The number of unbranched alkanes of at least 4 members (excludes halogenated alkanes) is 2. The first-order valence-electron chi connectivity index (χ1n) is 8.95. The first-order valence-corrected chi connectivity index (χ1v) is 8.95. The Hall–Kier alpha value is -3.07. The summed E-state index contributed by atoms with van der Waals surface area (Å²) in [4.78, 5) is 11.9. The lowest BCUT2D eigenvalue weighted by atomic mass is 10.1. The molecule has 0 unspecified atom stereocenters. The van der Waals surface area contributed by atoms with Crippen molar-refractivity contribution in [3.63, 3.8) is 0 Å². The van der Waals surface area contributed by atoms with E-state index >= 15 is 0 Å². The summed E-state index contributed by atoms with van der Waals surface area (Å²) in [7, 11) is 0. The Labute approximate surface area is 154 Å². The number of rotatable bonds is 7. The average Bonchev–Trinajstić information content (AvgIpc) is 2.66. The molecular weight excluding hydrogens is 322 g/mol. The van der Waals surface area contributed by atoms with Gasteiger partial charge in [-0.3, -0.25) is 4.79 Å². The highest BCUT2D eigenvalue weighted by Crippen LogP contribution is 2.22. The van der Waals surface area contributed by atoms with Gasteiger partial charge in [-0.1, -0.05) is 60.7 Å². The van der Waals surface area contributed by atoms with Crippen LogP contribution in [0.15, 0.2) is 72.8 Å². The van der Waals surface area contributed by atoms with Crippen LogP contribution in [-0.2, 0) is 4.79 Å².